The second-order valence-electron chi connectivity index (χ2n) is 2.81. The van der Waals surface area contributed by atoms with Crippen molar-refractivity contribution in [1.82, 2.24) is 15.1 Å². The van der Waals surface area contributed by atoms with Crippen molar-refractivity contribution in [2.24, 2.45) is 0 Å². The fourth-order valence-corrected chi connectivity index (χ4v) is 1.38. The Balaban J connectivity index is 2.52. The third kappa shape index (κ3) is 3.02. The highest BCUT2D eigenvalue weighted by Crippen LogP contribution is 2.13. The van der Waals surface area contributed by atoms with Crippen LogP contribution in [-0.2, 0) is 11.3 Å². The Kier molecular flexibility index (Phi) is 4.47. The van der Waals surface area contributed by atoms with E-state index in [4.69, 9.17) is 0 Å². The number of nitrogens with zero attached hydrogens (tertiary/aromatic N) is 2. The third-order valence-electron chi connectivity index (χ3n) is 1.77. The van der Waals surface area contributed by atoms with Gasteiger partial charge in [0.1, 0.15) is 6.54 Å². The lowest BCUT2D eigenvalue weighted by Gasteiger charge is -2.05. The molecule has 0 fully saturated rings. The molecule has 0 spiro atoms. The van der Waals surface area contributed by atoms with Gasteiger partial charge in [0.15, 0.2) is 0 Å². The smallest absolute Gasteiger partial charge is 0.241 e. The molecule has 1 rings (SSSR count). The second kappa shape index (κ2) is 5.41. The second-order valence-corrected chi connectivity index (χ2v) is 4.11. The van der Waals surface area contributed by atoms with Gasteiger partial charge >= 0.3 is 0 Å². The molecule has 0 aliphatic carbocycles. The maximum Gasteiger partial charge on any atom is 0.241 e. The van der Waals surface area contributed by atoms with Crippen LogP contribution in [0.4, 0.5) is 0 Å². The maximum absolute atomic E-state index is 11.3. The molecule has 14 heavy (non-hydrogen) atoms. The zero-order valence-electron chi connectivity index (χ0n) is 7.83. The van der Waals surface area contributed by atoms with Gasteiger partial charge in [-0.15, -0.1) is 0 Å². The summed E-state index contributed by atoms with van der Waals surface area (Å²) in [5, 5.41) is 6.78. The Morgan fingerprint density at radius 2 is 2.50 bits per heavy atom. The van der Waals surface area contributed by atoms with Crippen LogP contribution in [0.5, 0.6) is 0 Å². The molecule has 1 aromatic heterocycles. The molecule has 0 radical (unpaired) electrons. The molecule has 78 valence electrons. The zero-order chi connectivity index (χ0) is 10.6. The summed E-state index contributed by atoms with van der Waals surface area (Å²) in [5.74, 6) is 0.603. The summed E-state index contributed by atoms with van der Waals surface area (Å²) in [6.45, 7) is 2.75. The summed E-state index contributed by atoms with van der Waals surface area (Å²) >= 11 is 7.33. The molecule has 4 nitrogen and oxygen atoms in total. The zero-order valence-corrected chi connectivity index (χ0v) is 10.3. The van der Waals surface area contributed by atoms with Gasteiger partial charge in [0, 0.05) is 12.3 Å². The molecule has 1 amide bonds. The number of aromatic nitrogens is 2. The fraction of sp³-hybridized carbons (Fsp3) is 0.500. The number of hydrogen-bond acceptors (Lipinski definition) is 3. The highest BCUT2D eigenvalue weighted by atomic mass is 79.9. The summed E-state index contributed by atoms with van der Waals surface area (Å²) in [6.07, 6.45) is 1.68. The molecule has 0 bridgehead atoms. The van der Waals surface area contributed by atoms with Crippen LogP contribution in [0.25, 0.3) is 0 Å². The Morgan fingerprint density at radius 1 is 1.79 bits per heavy atom. The minimum Gasteiger partial charge on any atom is -0.354 e. The van der Waals surface area contributed by atoms with E-state index in [-0.39, 0.29) is 12.5 Å². The Bertz CT molecular complexity index is 326. The van der Waals surface area contributed by atoms with Crippen LogP contribution in [0.2, 0.25) is 0 Å². The van der Waals surface area contributed by atoms with Crippen LogP contribution in [-0.4, -0.2) is 28.0 Å². The van der Waals surface area contributed by atoms with Crippen LogP contribution in [0.1, 0.15) is 5.69 Å². The van der Waals surface area contributed by atoms with Crippen LogP contribution >= 0.6 is 28.6 Å². The van der Waals surface area contributed by atoms with Crippen LogP contribution in [0.3, 0.4) is 0 Å². The Morgan fingerprint density at radius 3 is 3.00 bits per heavy atom. The first-order valence-electron chi connectivity index (χ1n) is 4.20. The predicted molar refractivity (Wildman–Crippen MR) is 61.5 cm³/mol. The lowest BCUT2D eigenvalue weighted by molar-refractivity contribution is -0.121. The first-order chi connectivity index (χ1) is 6.65. The molecule has 1 N–H and O–H groups in total. The van der Waals surface area contributed by atoms with E-state index in [0.717, 1.165) is 10.2 Å². The van der Waals surface area contributed by atoms with Gasteiger partial charge < -0.3 is 5.32 Å². The molecule has 1 aromatic rings. The van der Waals surface area contributed by atoms with E-state index in [1.807, 2.05) is 6.92 Å². The van der Waals surface area contributed by atoms with Gasteiger partial charge in [0.2, 0.25) is 5.91 Å². The average Bonchev–Trinajstić information content (AvgIpc) is 2.46. The number of thiol groups is 1. The van der Waals surface area contributed by atoms with E-state index >= 15 is 0 Å². The molecule has 1 heterocycles. The highest BCUT2D eigenvalue weighted by Gasteiger charge is 2.07. The van der Waals surface area contributed by atoms with Crippen molar-refractivity contribution >= 4 is 34.5 Å². The van der Waals surface area contributed by atoms with Crippen molar-refractivity contribution in [1.29, 1.82) is 0 Å². The molecule has 0 atom stereocenters. The number of carbonyl (C=O) groups is 1. The van der Waals surface area contributed by atoms with Gasteiger partial charge in [0.25, 0.3) is 0 Å². The highest BCUT2D eigenvalue weighted by molar-refractivity contribution is 9.10. The summed E-state index contributed by atoms with van der Waals surface area (Å²) in [5.41, 5.74) is 0.950. The van der Waals surface area contributed by atoms with Crippen molar-refractivity contribution in [2.75, 3.05) is 12.3 Å². The van der Waals surface area contributed by atoms with Crippen LogP contribution < -0.4 is 5.32 Å². The van der Waals surface area contributed by atoms with E-state index in [9.17, 15) is 4.79 Å². The van der Waals surface area contributed by atoms with Gasteiger partial charge in [0.05, 0.1) is 16.4 Å². The van der Waals surface area contributed by atoms with Gasteiger partial charge in [-0.1, -0.05) is 0 Å². The average molecular weight is 278 g/mol. The van der Waals surface area contributed by atoms with E-state index < -0.39 is 0 Å². The fourth-order valence-electron chi connectivity index (χ4n) is 0.970. The van der Waals surface area contributed by atoms with Crippen molar-refractivity contribution in [3.05, 3.63) is 16.4 Å². The minimum absolute atomic E-state index is 0.0437. The number of hydrogen-bond donors (Lipinski definition) is 2. The molecular weight excluding hydrogens is 266 g/mol. The molecule has 0 unspecified atom stereocenters. The van der Waals surface area contributed by atoms with Gasteiger partial charge in [-0.25, -0.2) is 0 Å². The number of rotatable bonds is 4. The normalized spacial score (nSPS) is 10.2. The van der Waals surface area contributed by atoms with E-state index in [1.54, 1.807) is 10.9 Å². The number of nitrogens with one attached hydrogen (secondary N) is 1. The molecule has 0 saturated carbocycles. The topological polar surface area (TPSA) is 46.9 Å². The first-order valence-corrected chi connectivity index (χ1v) is 5.63. The molecule has 0 aliphatic rings. The Hall–Kier alpha value is -0.490. The van der Waals surface area contributed by atoms with Crippen LogP contribution in [0.15, 0.2) is 10.7 Å². The molecule has 0 aromatic carbocycles. The third-order valence-corrected chi connectivity index (χ3v) is 2.77. The van der Waals surface area contributed by atoms with E-state index in [2.05, 4.69) is 39.0 Å². The number of halogens is 1. The molecule has 0 saturated heterocycles. The summed E-state index contributed by atoms with van der Waals surface area (Å²) in [4.78, 5) is 11.3. The van der Waals surface area contributed by atoms with Crippen molar-refractivity contribution in [3.63, 3.8) is 0 Å². The van der Waals surface area contributed by atoms with Crippen LogP contribution in [0, 0.1) is 6.92 Å². The molecule has 0 aliphatic heterocycles. The lowest BCUT2D eigenvalue weighted by Crippen LogP contribution is -2.29. The minimum atomic E-state index is -0.0437. The quantitative estimate of drug-likeness (QED) is 0.807. The lowest BCUT2D eigenvalue weighted by atomic mass is 10.4. The number of amides is 1. The van der Waals surface area contributed by atoms with Gasteiger partial charge in [-0.05, 0) is 22.9 Å². The van der Waals surface area contributed by atoms with E-state index in [1.165, 1.54) is 0 Å². The monoisotopic (exact) mass is 277 g/mol. The van der Waals surface area contributed by atoms with E-state index in [0.29, 0.717) is 12.3 Å². The largest absolute Gasteiger partial charge is 0.354 e. The SMILES string of the molecule is Cc1c(Br)cnn1CC(=O)NCCS. The summed E-state index contributed by atoms with van der Waals surface area (Å²) in [6, 6.07) is 0. The number of carbonyl (C=O) groups excluding carboxylic acids is 1. The molecular formula is C8H12BrN3OS. The maximum atomic E-state index is 11.3. The molecule has 6 heteroatoms. The van der Waals surface area contributed by atoms with Gasteiger partial charge in [-0.3, -0.25) is 9.48 Å². The van der Waals surface area contributed by atoms with Crippen molar-refractivity contribution in [3.8, 4) is 0 Å². The standard InChI is InChI=1S/C8H12BrN3OS/c1-6-7(9)4-11-12(6)5-8(13)10-2-3-14/h4,14H,2-3,5H2,1H3,(H,10,13). The summed E-state index contributed by atoms with van der Waals surface area (Å²) < 4.78 is 2.57. The predicted octanol–water partition coefficient (Wildman–Crippen LogP) is 1.00. The van der Waals surface area contributed by atoms with Gasteiger partial charge in [-0.2, -0.15) is 17.7 Å². The summed E-state index contributed by atoms with van der Waals surface area (Å²) in [7, 11) is 0. The van der Waals surface area contributed by atoms with Crippen molar-refractivity contribution < 1.29 is 4.79 Å². The first kappa shape index (κ1) is 11.6. The van der Waals surface area contributed by atoms with Crippen molar-refractivity contribution in [2.45, 2.75) is 13.5 Å². The Labute approximate surface area is 96.6 Å².